The molecular formula is C30H35N7O5S. The summed E-state index contributed by atoms with van der Waals surface area (Å²) in [6, 6.07) is 18.8. The summed E-state index contributed by atoms with van der Waals surface area (Å²) < 4.78 is 40.5. The van der Waals surface area contributed by atoms with E-state index >= 15 is 0 Å². The molecule has 0 bridgehead atoms. The molecule has 1 fully saturated rings. The third kappa shape index (κ3) is 7.31. The molecule has 1 aliphatic rings. The molecule has 43 heavy (non-hydrogen) atoms. The number of benzene rings is 3. The Hall–Kier alpha value is -4.46. The van der Waals surface area contributed by atoms with Gasteiger partial charge in [0, 0.05) is 48.7 Å². The SMILES string of the molecule is COc1cc(Nc2nc3ccccc3nc2NS(=O)(=O)c2cccc(NC(=O)CN3CCC(N(C)C)C3)c2)cc(OC)c1. The summed E-state index contributed by atoms with van der Waals surface area (Å²) in [5.74, 6) is 1.06. The Morgan fingerprint density at radius 3 is 2.23 bits per heavy atom. The van der Waals surface area contributed by atoms with Crippen molar-refractivity contribution in [3.63, 3.8) is 0 Å². The number of carbonyl (C=O) groups excluding carboxylic acids is 1. The molecule has 3 N–H and O–H groups in total. The van der Waals surface area contributed by atoms with Crippen molar-refractivity contribution in [3.05, 3.63) is 66.7 Å². The number of hydrogen-bond acceptors (Lipinski definition) is 10. The lowest BCUT2D eigenvalue weighted by Gasteiger charge is -2.20. The number of rotatable bonds is 11. The van der Waals surface area contributed by atoms with Gasteiger partial charge in [-0.3, -0.25) is 14.4 Å². The maximum Gasteiger partial charge on any atom is 0.263 e. The molecule has 1 saturated heterocycles. The van der Waals surface area contributed by atoms with Crippen LogP contribution in [0.1, 0.15) is 6.42 Å². The molecule has 12 nitrogen and oxygen atoms in total. The molecule has 1 unspecified atom stereocenters. The molecule has 0 saturated carbocycles. The van der Waals surface area contributed by atoms with Crippen molar-refractivity contribution in [1.82, 2.24) is 19.8 Å². The maximum atomic E-state index is 13.6. The van der Waals surface area contributed by atoms with Crippen LogP contribution in [0.5, 0.6) is 11.5 Å². The van der Waals surface area contributed by atoms with Gasteiger partial charge in [-0.05, 0) is 50.8 Å². The highest BCUT2D eigenvalue weighted by molar-refractivity contribution is 7.92. The second kappa shape index (κ2) is 12.8. The molecule has 1 aliphatic heterocycles. The lowest BCUT2D eigenvalue weighted by molar-refractivity contribution is -0.117. The fourth-order valence-electron chi connectivity index (χ4n) is 4.88. The number of amides is 1. The zero-order chi connectivity index (χ0) is 30.6. The van der Waals surface area contributed by atoms with E-state index in [4.69, 9.17) is 9.47 Å². The Balaban J connectivity index is 1.38. The second-order valence-corrected chi connectivity index (χ2v) is 12.1. The zero-order valence-corrected chi connectivity index (χ0v) is 25.3. The standard InChI is InChI=1S/C30H35N7O5S/c1-36(2)22-12-13-37(18-22)19-28(38)31-20-8-7-9-25(16-20)43(39,40)35-30-29(33-26-10-5-6-11-27(26)34-30)32-21-14-23(41-3)17-24(15-21)42-4/h5-11,14-17,22H,12-13,18-19H2,1-4H3,(H,31,38)(H,32,33)(H,34,35). The maximum absolute atomic E-state index is 13.6. The van der Waals surface area contributed by atoms with Crippen molar-refractivity contribution in [1.29, 1.82) is 0 Å². The normalized spacial score (nSPS) is 15.4. The first-order valence-corrected chi connectivity index (χ1v) is 15.2. The number of anilines is 4. The Bertz CT molecular complexity index is 1710. The Morgan fingerprint density at radius 1 is 0.930 bits per heavy atom. The third-order valence-corrected chi connectivity index (χ3v) is 8.53. The summed E-state index contributed by atoms with van der Waals surface area (Å²) in [6.45, 7) is 1.88. The Labute approximate surface area is 251 Å². The van der Waals surface area contributed by atoms with Crippen molar-refractivity contribution < 1.29 is 22.7 Å². The number of nitrogens with one attached hydrogen (secondary N) is 3. The van der Waals surface area contributed by atoms with E-state index < -0.39 is 10.0 Å². The average Bonchev–Trinajstić information content (AvgIpc) is 3.46. The average molecular weight is 606 g/mol. The summed E-state index contributed by atoms with van der Waals surface area (Å²) in [4.78, 5) is 26.2. The number of ether oxygens (including phenoxy) is 2. The number of aromatic nitrogens is 2. The predicted molar refractivity (Wildman–Crippen MR) is 167 cm³/mol. The highest BCUT2D eigenvalue weighted by atomic mass is 32.2. The molecule has 0 spiro atoms. The van der Waals surface area contributed by atoms with Gasteiger partial charge >= 0.3 is 0 Å². The van der Waals surface area contributed by atoms with Gasteiger partial charge < -0.3 is 25.0 Å². The quantitative estimate of drug-likeness (QED) is 0.232. The van der Waals surface area contributed by atoms with Crippen LogP contribution in [0.25, 0.3) is 11.0 Å². The molecule has 1 atom stereocenters. The van der Waals surface area contributed by atoms with Crippen LogP contribution in [0.3, 0.4) is 0 Å². The number of sulfonamides is 1. The fourth-order valence-corrected chi connectivity index (χ4v) is 5.94. The minimum Gasteiger partial charge on any atom is -0.497 e. The summed E-state index contributed by atoms with van der Waals surface area (Å²) in [6.07, 6.45) is 1.000. The van der Waals surface area contributed by atoms with Crippen molar-refractivity contribution in [2.45, 2.75) is 17.4 Å². The van der Waals surface area contributed by atoms with Gasteiger partial charge in [-0.2, -0.15) is 0 Å². The number of para-hydroxylation sites is 2. The van der Waals surface area contributed by atoms with Gasteiger partial charge in [0.05, 0.1) is 36.7 Å². The molecule has 0 radical (unpaired) electrons. The van der Waals surface area contributed by atoms with Crippen molar-refractivity contribution in [2.24, 2.45) is 0 Å². The number of carbonyl (C=O) groups is 1. The molecule has 4 aromatic rings. The van der Waals surface area contributed by atoms with E-state index in [9.17, 15) is 13.2 Å². The van der Waals surface area contributed by atoms with E-state index in [2.05, 4.69) is 35.1 Å². The van der Waals surface area contributed by atoms with E-state index in [1.165, 1.54) is 26.4 Å². The minimum atomic E-state index is -4.13. The van der Waals surface area contributed by atoms with E-state index in [1.807, 2.05) is 20.2 Å². The third-order valence-electron chi connectivity index (χ3n) is 7.19. The Morgan fingerprint density at radius 2 is 1.60 bits per heavy atom. The van der Waals surface area contributed by atoms with Gasteiger partial charge in [0.15, 0.2) is 11.6 Å². The van der Waals surface area contributed by atoms with Gasteiger partial charge in [0.25, 0.3) is 10.0 Å². The predicted octanol–water partition coefficient (Wildman–Crippen LogP) is 3.77. The van der Waals surface area contributed by atoms with Gasteiger partial charge in [-0.25, -0.2) is 18.4 Å². The largest absolute Gasteiger partial charge is 0.497 e. The van der Waals surface area contributed by atoms with E-state index in [0.29, 0.717) is 39.9 Å². The number of hydrogen-bond donors (Lipinski definition) is 3. The smallest absolute Gasteiger partial charge is 0.263 e. The summed E-state index contributed by atoms with van der Waals surface area (Å²) in [7, 11) is 3.02. The van der Waals surface area contributed by atoms with Crippen LogP contribution < -0.4 is 24.8 Å². The van der Waals surface area contributed by atoms with Gasteiger partial charge in [0.1, 0.15) is 11.5 Å². The first-order chi connectivity index (χ1) is 20.6. The van der Waals surface area contributed by atoms with E-state index in [-0.39, 0.29) is 29.0 Å². The number of likely N-dealkylation sites (tertiary alicyclic amines) is 1. The first-order valence-electron chi connectivity index (χ1n) is 13.7. The van der Waals surface area contributed by atoms with Crippen molar-refractivity contribution in [3.8, 4) is 11.5 Å². The number of fused-ring (bicyclic) bond motifs is 1. The van der Waals surface area contributed by atoms with Crippen LogP contribution in [0, 0.1) is 0 Å². The highest BCUT2D eigenvalue weighted by Crippen LogP contribution is 2.31. The lowest BCUT2D eigenvalue weighted by Crippen LogP contribution is -2.35. The van der Waals surface area contributed by atoms with Crippen molar-refractivity contribution >= 4 is 50.0 Å². The second-order valence-electron chi connectivity index (χ2n) is 10.5. The molecule has 2 heterocycles. The molecule has 5 rings (SSSR count). The molecule has 226 valence electrons. The van der Waals surface area contributed by atoms with Crippen LogP contribution in [-0.2, 0) is 14.8 Å². The van der Waals surface area contributed by atoms with Crippen LogP contribution in [-0.4, -0.2) is 88.1 Å². The molecule has 0 aliphatic carbocycles. The van der Waals surface area contributed by atoms with E-state index in [0.717, 1.165) is 19.5 Å². The van der Waals surface area contributed by atoms with Crippen LogP contribution in [0.4, 0.5) is 23.0 Å². The molecule has 1 amide bonds. The molecule has 1 aromatic heterocycles. The number of likely N-dealkylation sites (N-methyl/N-ethyl adjacent to an activating group) is 1. The fraction of sp³-hybridized carbons (Fsp3) is 0.300. The molecular weight excluding hydrogens is 570 g/mol. The highest BCUT2D eigenvalue weighted by Gasteiger charge is 2.25. The lowest BCUT2D eigenvalue weighted by atomic mass is 10.2. The first kappa shape index (κ1) is 30.0. The summed E-state index contributed by atoms with van der Waals surface area (Å²) in [5, 5.41) is 5.97. The molecule has 13 heteroatoms. The van der Waals surface area contributed by atoms with Crippen LogP contribution in [0.15, 0.2) is 71.6 Å². The zero-order valence-electron chi connectivity index (χ0n) is 24.5. The molecule has 3 aromatic carbocycles. The summed E-state index contributed by atoms with van der Waals surface area (Å²) >= 11 is 0. The van der Waals surface area contributed by atoms with Crippen LogP contribution in [0.2, 0.25) is 0 Å². The summed E-state index contributed by atoms with van der Waals surface area (Å²) in [5.41, 5.74) is 2.01. The van der Waals surface area contributed by atoms with E-state index in [1.54, 1.807) is 48.5 Å². The number of methoxy groups -OCH3 is 2. The van der Waals surface area contributed by atoms with Gasteiger partial charge in [0.2, 0.25) is 5.91 Å². The minimum absolute atomic E-state index is 0.000551. The number of nitrogens with zero attached hydrogens (tertiary/aromatic N) is 4. The van der Waals surface area contributed by atoms with Crippen LogP contribution >= 0.6 is 0 Å². The van der Waals surface area contributed by atoms with Gasteiger partial charge in [-0.15, -0.1) is 0 Å². The van der Waals surface area contributed by atoms with Crippen molar-refractivity contribution in [2.75, 3.05) is 63.3 Å². The van der Waals surface area contributed by atoms with Gasteiger partial charge in [-0.1, -0.05) is 18.2 Å². The topological polar surface area (TPSA) is 138 Å². The Kier molecular flexibility index (Phi) is 8.94. The monoisotopic (exact) mass is 605 g/mol.